The number of urea groups is 1. The normalized spacial score (nSPS) is 8.23. The first kappa shape index (κ1) is 21.1. The number of ether oxygens (including phenoxy) is 1. The second-order valence-electron chi connectivity index (χ2n) is 2.84. The Bertz CT molecular complexity index is 438. The molecule has 12 nitrogen and oxygen atoms in total. The van der Waals surface area contributed by atoms with E-state index in [1.165, 1.54) is 24.6 Å². The Kier molecular flexibility index (Phi) is 19.4. The first-order chi connectivity index (χ1) is 10.7. The number of nitrogens with zero attached hydrogens (tertiary/aromatic N) is 4. The lowest BCUT2D eigenvalue weighted by Gasteiger charge is -1.99. The van der Waals surface area contributed by atoms with Crippen molar-refractivity contribution < 1.29 is 23.9 Å². The molecule has 2 amide bonds. The van der Waals surface area contributed by atoms with Crippen LogP contribution in [0.1, 0.15) is 0 Å². The molecule has 0 saturated carbocycles. The van der Waals surface area contributed by atoms with Gasteiger partial charge in [-0.2, -0.15) is 15.0 Å². The van der Waals surface area contributed by atoms with Gasteiger partial charge in [-0.3, -0.25) is 0 Å². The number of carbonyl (C=O) groups excluding carboxylic acids is 4. The van der Waals surface area contributed by atoms with Crippen molar-refractivity contribution in [3.05, 3.63) is 0 Å². The second kappa shape index (κ2) is 20.2. The number of nitrogens with two attached hydrogens (primary N) is 1. The molecule has 0 aromatic heterocycles. The molecule has 0 fully saturated rings. The van der Waals surface area contributed by atoms with Gasteiger partial charge in [0.15, 0.2) is 6.40 Å². The first-order valence-electron chi connectivity index (χ1n) is 5.65. The van der Waals surface area contributed by atoms with Gasteiger partial charge in [0.05, 0.1) is 0 Å². The van der Waals surface area contributed by atoms with E-state index in [0.29, 0.717) is 13.2 Å². The highest BCUT2D eigenvalue weighted by Gasteiger charge is 1.94. The van der Waals surface area contributed by atoms with Crippen LogP contribution < -0.4 is 16.4 Å². The van der Waals surface area contributed by atoms with Gasteiger partial charge in [-0.25, -0.2) is 24.2 Å². The van der Waals surface area contributed by atoms with E-state index < -0.39 is 6.03 Å². The van der Waals surface area contributed by atoms with Gasteiger partial charge in [-0.1, -0.05) is 0 Å². The van der Waals surface area contributed by atoms with Gasteiger partial charge in [-0.05, 0) is 0 Å². The molecular weight excluding hydrogens is 298 g/mol. The van der Waals surface area contributed by atoms with Gasteiger partial charge in [0.1, 0.15) is 26.6 Å². The molecule has 0 heterocycles. The molecule has 0 spiro atoms. The maximum absolute atomic E-state index is 10.6. The minimum absolute atomic E-state index is 0.0636. The number of nitrogens with one attached hydrogen (secondary N) is 2. The molecule has 22 heavy (non-hydrogen) atoms. The molecule has 0 aliphatic carbocycles. The van der Waals surface area contributed by atoms with Crippen molar-refractivity contribution in [2.75, 3.05) is 33.2 Å². The highest BCUT2D eigenvalue weighted by Crippen LogP contribution is 1.69. The molecule has 0 aliphatic rings. The fraction of sp³-hybridized carbons (Fsp3) is 0.500. The SMILES string of the molecule is NCCOC=NCN=C=O.O=C=NCNC(=O)NCN=C=O. The zero-order valence-electron chi connectivity index (χ0n) is 11.5. The van der Waals surface area contributed by atoms with Gasteiger partial charge in [0, 0.05) is 6.54 Å². The molecular formula is C10H15N7O5. The summed E-state index contributed by atoms with van der Waals surface area (Å²) in [6, 6.07) is -0.576. The number of isocyanates is 3. The first-order valence-corrected chi connectivity index (χ1v) is 5.65. The predicted molar refractivity (Wildman–Crippen MR) is 74.1 cm³/mol. The molecule has 0 bridgehead atoms. The average Bonchev–Trinajstić information content (AvgIpc) is 2.52. The van der Waals surface area contributed by atoms with Crippen LogP contribution in [-0.4, -0.2) is 63.8 Å². The van der Waals surface area contributed by atoms with Crippen molar-refractivity contribution in [3.8, 4) is 0 Å². The Morgan fingerprint density at radius 1 is 1.05 bits per heavy atom. The summed E-state index contributed by atoms with van der Waals surface area (Å²) in [5.41, 5.74) is 5.10. The molecule has 0 unspecified atom stereocenters. The van der Waals surface area contributed by atoms with Crippen LogP contribution in [0.25, 0.3) is 0 Å². The summed E-state index contributed by atoms with van der Waals surface area (Å²) in [6.45, 7) is 0.631. The Balaban J connectivity index is 0. The third-order valence-electron chi connectivity index (χ3n) is 1.37. The molecule has 12 heteroatoms. The maximum atomic E-state index is 10.6. The van der Waals surface area contributed by atoms with Crippen molar-refractivity contribution in [1.82, 2.24) is 10.6 Å². The topological polar surface area (TPSA) is 177 Å². The van der Waals surface area contributed by atoms with E-state index in [-0.39, 0.29) is 20.0 Å². The Hall–Kier alpha value is -3.16. The number of amides is 2. The zero-order valence-corrected chi connectivity index (χ0v) is 11.5. The summed E-state index contributed by atoms with van der Waals surface area (Å²) in [6.07, 6.45) is 5.03. The van der Waals surface area contributed by atoms with Crippen molar-refractivity contribution in [1.29, 1.82) is 0 Å². The summed E-state index contributed by atoms with van der Waals surface area (Å²) in [5.74, 6) is 0. The molecule has 0 aromatic carbocycles. The van der Waals surface area contributed by atoms with Crippen LogP contribution in [0.5, 0.6) is 0 Å². The highest BCUT2D eigenvalue weighted by molar-refractivity contribution is 5.73. The van der Waals surface area contributed by atoms with E-state index in [4.69, 9.17) is 10.5 Å². The van der Waals surface area contributed by atoms with E-state index in [2.05, 4.69) is 30.6 Å². The summed E-state index contributed by atoms with van der Waals surface area (Å²) in [5, 5.41) is 4.35. The lowest BCUT2D eigenvalue weighted by Crippen LogP contribution is -2.35. The molecule has 120 valence electrons. The van der Waals surface area contributed by atoms with Crippen LogP contribution in [0.3, 0.4) is 0 Å². The van der Waals surface area contributed by atoms with Gasteiger partial charge in [0.25, 0.3) is 0 Å². The highest BCUT2D eigenvalue weighted by atomic mass is 16.5. The third-order valence-corrected chi connectivity index (χ3v) is 1.37. The van der Waals surface area contributed by atoms with Gasteiger partial charge >= 0.3 is 6.03 Å². The van der Waals surface area contributed by atoms with E-state index in [9.17, 15) is 19.2 Å². The number of carbonyl (C=O) groups is 1. The number of hydrogen-bond acceptors (Lipinski definition) is 10. The standard InChI is InChI=1S/C5H6N4O3.C5H9N3O2/c10-3-6-1-8-5(12)9-2-7-4-11;6-1-2-10-5-8-3-7-4-9/h1-2H2,(H2,8,9,12);5H,1-3,6H2. The smallest absolute Gasteiger partial charge is 0.317 e. The van der Waals surface area contributed by atoms with E-state index in [1.54, 1.807) is 0 Å². The van der Waals surface area contributed by atoms with Crippen molar-refractivity contribution in [3.63, 3.8) is 0 Å². The molecule has 0 rings (SSSR count). The van der Waals surface area contributed by atoms with E-state index >= 15 is 0 Å². The molecule has 0 radical (unpaired) electrons. The second-order valence-corrected chi connectivity index (χ2v) is 2.84. The van der Waals surface area contributed by atoms with Crippen LogP contribution in [0.4, 0.5) is 4.79 Å². The van der Waals surface area contributed by atoms with Crippen LogP contribution >= 0.6 is 0 Å². The fourth-order valence-electron chi connectivity index (χ4n) is 0.626. The Morgan fingerprint density at radius 2 is 1.59 bits per heavy atom. The monoisotopic (exact) mass is 313 g/mol. The Labute approximate surface area is 125 Å². The van der Waals surface area contributed by atoms with Crippen LogP contribution in [0.15, 0.2) is 20.0 Å². The summed E-state index contributed by atoms with van der Waals surface area (Å²) >= 11 is 0. The third kappa shape index (κ3) is 22.1. The number of rotatable bonds is 9. The van der Waals surface area contributed by atoms with Crippen molar-refractivity contribution in [2.24, 2.45) is 25.7 Å². The van der Waals surface area contributed by atoms with Crippen LogP contribution in [0, 0.1) is 0 Å². The van der Waals surface area contributed by atoms with E-state index in [0.717, 1.165) is 0 Å². The quantitative estimate of drug-likeness (QED) is 0.195. The predicted octanol–water partition coefficient (Wildman–Crippen LogP) is -1.84. The molecule has 0 atom stereocenters. The largest absolute Gasteiger partial charge is 0.482 e. The Morgan fingerprint density at radius 3 is 2.05 bits per heavy atom. The molecule has 4 N–H and O–H groups in total. The van der Waals surface area contributed by atoms with Crippen LogP contribution in [-0.2, 0) is 19.1 Å². The van der Waals surface area contributed by atoms with Gasteiger partial charge < -0.3 is 21.1 Å². The van der Waals surface area contributed by atoms with Gasteiger partial charge in [0.2, 0.25) is 18.2 Å². The summed E-state index contributed by atoms with van der Waals surface area (Å²) in [7, 11) is 0. The lowest BCUT2D eigenvalue weighted by molar-refractivity contribution is 0.241. The fourth-order valence-corrected chi connectivity index (χ4v) is 0.626. The van der Waals surface area contributed by atoms with Gasteiger partial charge in [-0.15, -0.1) is 0 Å². The number of hydrogen-bond donors (Lipinski definition) is 3. The summed E-state index contributed by atoms with van der Waals surface area (Å²) in [4.78, 5) is 51.9. The minimum atomic E-state index is -0.576. The average molecular weight is 313 g/mol. The van der Waals surface area contributed by atoms with Crippen molar-refractivity contribution in [2.45, 2.75) is 0 Å². The summed E-state index contributed by atoms with van der Waals surface area (Å²) < 4.78 is 4.72. The van der Waals surface area contributed by atoms with Crippen molar-refractivity contribution >= 4 is 30.7 Å². The van der Waals surface area contributed by atoms with E-state index in [1.807, 2.05) is 0 Å². The van der Waals surface area contributed by atoms with Crippen LogP contribution in [0.2, 0.25) is 0 Å². The molecule has 0 aromatic rings. The lowest BCUT2D eigenvalue weighted by atomic mass is 10.7. The number of aliphatic imine (C=N–C) groups is 4. The molecule has 0 aliphatic heterocycles. The maximum Gasteiger partial charge on any atom is 0.317 e. The minimum Gasteiger partial charge on any atom is -0.482 e. The zero-order chi connectivity index (χ0) is 16.9. The molecule has 0 saturated heterocycles.